The highest BCUT2D eigenvalue weighted by Crippen LogP contribution is 2.19. The zero-order chi connectivity index (χ0) is 24.3. The Bertz CT molecular complexity index is 1090. The maximum absolute atomic E-state index is 14.5. The van der Waals surface area contributed by atoms with Gasteiger partial charge in [-0.25, -0.2) is 4.39 Å². The first-order valence-corrected chi connectivity index (χ1v) is 11.6. The summed E-state index contributed by atoms with van der Waals surface area (Å²) < 4.78 is 20.2. The largest absolute Gasteiger partial charge is 0.484 e. The molecule has 34 heavy (non-hydrogen) atoms. The van der Waals surface area contributed by atoms with Crippen LogP contribution in [0.1, 0.15) is 24.5 Å². The van der Waals surface area contributed by atoms with Gasteiger partial charge in [0.2, 0.25) is 5.91 Å². The van der Waals surface area contributed by atoms with Crippen molar-refractivity contribution in [1.29, 1.82) is 0 Å². The highest BCUT2D eigenvalue weighted by molar-refractivity contribution is 6.30. The molecule has 0 spiro atoms. The molecule has 0 aliphatic carbocycles. The van der Waals surface area contributed by atoms with Crippen LogP contribution in [0.4, 0.5) is 4.39 Å². The van der Waals surface area contributed by atoms with Gasteiger partial charge in [0.15, 0.2) is 6.61 Å². The Morgan fingerprint density at radius 1 is 1.03 bits per heavy atom. The number of carbonyl (C=O) groups excluding carboxylic acids is 2. The first kappa shape index (κ1) is 25.2. The van der Waals surface area contributed by atoms with E-state index in [-0.39, 0.29) is 25.5 Å². The fourth-order valence-corrected chi connectivity index (χ4v) is 3.70. The van der Waals surface area contributed by atoms with E-state index in [1.807, 2.05) is 37.3 Å². The van der Waals surface area contributed by atoms with Gasteiger partial charge < -0.3 is 15.0 Å². The van der Waals surface area contributed by atoms with Gasteiger partial charge in [-0.1, -0.05) is 73.1 Å². The molecule has 1 atom stereocenters. The number of ether oxygens (including phenoxy) is 1. The normalized spacial score (nSPS) is 11.5. The first-order valence-electron chi connectivity index (χ1n) is 11.2. The third-order valence-electron chi connectivity index (χ3n) is 5.28. The molecule has 0 aromatic heterocycles. The smallest absolute Gasteiger partial charge is 0.261 e. The number of hydrogen-bond acceptors (Lipinski definition) is 3. The van der Waals surface area contributed by atoms with Crippen LogP contribution < -0.4 is 10.1 Å². The molecule has 178 valence electrons. The Balaban J connectivity index is 1.90. The molecule has 0 fully saturated rings. The van der Waals surface area contributed by atoms with Crippen LogP contribution in [0.3, 0.4) is 0 Å². The van der Waals surface area contributed by atoms with Crippen LogP contribution in [0.15, 0.2) is 78.9 Å². The molecule has 0 saturated carbocycles. The number of amides is 2. The van der Waals surface area contributed by atoms with Gasteiger partial charge in [0.1, 0.15) is 17.6 Å². The molecule has 0 bridgehead atoms. The minimum Gasteiger partial charge on any atom is -0.484 e. The lowest BCUT2D eigenvalue weighted by molar-refractivity contribution is -0.142. The lowest BCUT2D eigenvalue weighted by Crippen LogP contribution is -2.51. The number of halogens is 2. The summed E-state index contributed by atoms with van der Waals surface area (Å²) in [5.74, 6) is -0.737. The van der Waals surface area contributed by atoms with Crippen molar-refractivity contribution in [2.24, 2.45) is 0 Å². The minimum absolute atomic E-state index is 0.0680. The van der Waals surface area contributed by atoms with Crippen molar-refractivity contribution in [1.82, 2.24) is 10.2 Å². The van der Waals surface area contributed by atoms with Crippen LogP contribution in [0, 0.1) is 5.82 Å². The Hall–Kier alpha value is -3.38. The second kappa shape index (κ2) is 12.8. The van der Waals surface area contributed by atoms with E-state index in [9.17, 15) is 14.0 Å². The van der Waals surface area contributed by atoms with Gasteiger partial charge >= 0.3 is 0 Å². The van der Waals surface area contributed by atoms with Gasteiger partial charge in [-0.3, -0.25) is 9.59 Å². The van der Waals surface area contributed by atoms with Crippen LogP contribution in [0.25, 0.3) is 0 Å². The molecule has 3 rings (SSSR count). The number of benzene rings is 3. The highest BCUT2D eigenvalue weighted by Gasteiger charge is 2.31. The van der Waals surface area contributed by atoms with Gasteiger partial charge in [-0.15, -0.1) is 0 Å². The molecule has 5 nitrogen and oxygen atoms in total. The molecule has 3 aromatic carbocycles. The van der Waals surface area contributed by atoms with E-state index in [2.05, 4.69) is 5.32 Å². The fourth-order valence-electron chi connectivity index (χ4n) is 3.51. The van der Waals surface area contributed by atoms with E-state index in [1.54, 1.807) is 42.5 Å². The lowest BCUT2D eigenvalue weighted by Gasteiger charge is -2.31. The van der Waals surface area contributed by atoms with Crippen molar-refractivity contribution < 1.29 is 18.7 Å². The summed E-state index contributed by atoms with van der Waals surface area (Å²) in [7, 11) is 0. The summed E-state index contributed by atoms with van der Waals surface area (Å²) in [5.41, 5.74) is 1.21. The fraction of sp³-hybridized carbons (Fsp3) is 0.259. The Morgan fingerprint density at radius 2 is 1.76 bits per heavy atom. The maximum Gasteiger partial charge on any atom is 0.261 e. The zero-order valence-corrected chi connectivity index (χ0v) is 19.8. The lowest BCUT2D eigenvalue weighted by atomic mass is 10.0. The van der Waals surface area contributed by atoms with Crippen molar-refractivity contribution in [2.75, 3.05) is 13.2 Å². The summed E-state index contributed by atoms with van der Waals surface area (Å²) in [6.45, 7) is 2.04. The second-order valence-electron chi connectivity index (χ2n) is 7.86. The second-order valence-corrected chi connectivity index (χ2v) is 8.29. The third kappa shape index (κ3) is 7.32. The van der Waals surface area contributed by atoms with E-state index >= 15 is 0 Å². The average Bonchev–Trinajstić information content (AvgIpc) is 2.85. The minimum atomic E-state index is -0.844. The standard InChI is InChI=1S/C27H28ClFN2O3/c1-2-15-30-27(33)25(16-20-9-4-3-5-10-20)31(18-21-11-6-7-14-24(21)29)26(32)19-34-23-13-8-12-22(28)17-23/h3-14,17,25H,2,15-16,18-19H2,1H3,(H,30,33)/t25-/m0/s1. The summed E-state index contributed by atoms with van der Waals surface area (Å²) in [5, 5.41) is 3.37. The molecule has 0 unspecified atom stereocenters. The van der Waals surface area contributed by atoms with Crippen LogP contribution in [-0.4, -0.2) is 35.9 Å². The topological polar surface area (TPSA) is 58.6 Å². The summed E-state index contributed by atoms with van der Waals surface area (Å²) in [6.07, 6.45) is 1.04. The molecule has 0 radical (unpaired) electrons. The molecule has 7 heteroatoms. The van der Waals surface area contributed by atoms with E-state index in [0.29, 0.717) is 22.9 Å². The maximum atomic E-state index is 14.5. The number of carbonyl (C=O) groups is 2. The van der Waals surface area contributed by atoms with E-state index in [0.717, 1.165) is 12.0 Å². The van der Waals surface area contributed by atoms with Crippen molar-refractivity contribution in [3.05, 3.63) is 101 Å². The summed E-state index contributed by atoms with van der Waals surface area (Å²) in [6, 6.07) is 21.5. The molecule has 0 saturated heterocycles. The van der Waals surface area contributed by atoms with Crippen LogP contribution in [0.2, 0.25) is 5.02 Å². The quantitative estimate of drug-likeness (QED) is 0.417. The molecule has 3 aromatic rings. The van der Waals surface area contributed by atoms with Crippen molar-refractivity contribution >= 4 is 23.4 Å². The number of rotatable bonds is 11. The van der Waals surface area contributed by atoms with Crippen molar-refractivity contribution in [2.45, 2.75) is 32.4 Å². The van der Waals surface area contributed by atoms with Gasteiger partial charge in [-0.05, 0) is 36.2 Å². The van der Waals surface area contributed by atoms with Gasteiger partial charge in [-0.2, -0.15) is 0 Å². The highest BCUT2D eigenvalue weighted by atomic mass is 35.5. The van der Waals surface area contributed by atoms with E-state index in [4.69, 9.17) is 16.3 Å². The van der Waals surface area contributed by atoms with Gasteiger partial charge in [0.05, 0.1) is 0 Å². The Morgan fingerprint density at radius 3 is 2.47 bits per heavy atom. The van der Waals surface area contributed by atoms with E-state index in [1.165, 1.54) is 11.0 Å². The van der Waals surface area contributed by atoms with Gasteiger partial charge in [0.25, 0.3) is 5.91 Å². The first-order chi connectivity index (χ1) is 16.5. The third-order valence-corrected chi connectivity index (χ3v) is 5.51. The average molecular weight is 483 g/mol. The van der Waals surface area contributed by atoms with Gasteiger partial charge in [0, 0.05) is 30.1 Å². The molecule has 0 aliphatic rings. The monoisotopic (exact) mass is 482 g/mol. The summed E-state index contributed by atoms with van der Waals surface area (Å²) in [4.78, 5) is 28.0. The SMILES string of the molecule is CCCNC(=O)[C@H](Cc1ccccc1)N(Cc1ccccc1F)C(=O)COc1cccc(Cl)c1. The number of nitrogens with one attached hydrogen (secondary N) is 1. The number of hydrogen-bond donors (Lipinski definition) is 1. The Kier molecular flexibility index (Phi) is 9.47. The molecular weight excluding hydrogens is 455 g/mol. The van der Waals surface area contributed by atoms with Crippen LogP contribution >= 0.6 is 11.6 Å². The molecular formula is C27H28ClFN2O3. The molecule has 0 aliphatic heterocycles. The zero-order valence-electron chi connectivity index (χ0n) is 19.0. The predicted molar refractivity (Wildman–Crippen MR) is 131 cm³/mol. The molecule has 1 N–H and O–H groups in total. The van der Waals surface area contributed by atoms with Crippen molar-refractivity contribution in [3.63, 3.8) is 0 Å². The molecule has 2 amide bonds. The number of nitrogens with zero attached hydrogens (tertiary/aromatic N) is 1. The van der Waals surface area contributed by atoms with Crippen molar-refractivity contribution in [3.8, 4) is 5.75 Å². The predicted octanol–water partition coefficient (Wildman–Crippen LogP) is 5.02. The summed E-state index contributed by atoms with van der Waals surface area (Å²) >= 11 is 6.01. The molecule has 0 heterocycles. The van der Waals surface area contributed by atoms with Crippen LogP contribution in [0.5, 0.6) is 5.75 Å². The van der Waals surface area contributed by atoms with E-state index < -0.39 is 17.8 Å². The Labute approximate surface area is 204 Å². The van der Waals surface area contributed by atoms with Crippen LogP contribution in [-0.2, 0) is 22.6 Å².